The van der Waals surface area contributed by atoms with Crippen LogP contribution in [0.4, 0.5) is 0 Å². The standard InChI is InChI=1S/C10H17NO3/c1-13-9(12)8-6-10(7-14-8)2-4-11-5-3-10/h8,11H,2-7H2,1H3. The van der Waals surface area contributed by atoms with E-state index in [1.807, 2.05) is 0 Å². The summed E-state index contributed by atoms with van der Waals surface area (Å²) in [6.45, 7) is 2.79. The summed E-state index contributed by atoms with van der Waals surface area (Å²) in [5.74, 6) is -0.222. The van der Waals surface area contributed by atoms with E-state index in [0.717, 1.165) is 32.4 Å². The second-order valence-corrected chi connectivity index (χ2v) is 4.28. The Labute approximate surface area is 84.0 Å². The van der Waals surface area contributed by atoms with E-state index >= 15 is 0 Å². The van der Waals surface area contributed by atoms with Crippen LogP contribution in [0.2, 0.25) is 0 Å². The number of carbonyl (C=O) groups excluding carboxylic acids is 1. The van der Waals surface area contributed by atoms with E-state index in [4.69, 9.17) is 4.74 Å². The largest absolute Gasteiger partial charge is 0.467 e. The maximum Gasteiger partial charge on any atom is 0.334 e. The Kier molecular flexibility index (Phi) is 2.74. The fourth-order valence-corrected chi connectivity index (χ4v) is 2.38. The number of carbonyl (C=O) groups is 1. The third kappa shape index (κ3) is 1.77. The topological polar surface area (TPSA) is 47.6 Å². The summed E-state index contributed by atoms with van der Waals surface area (Å²) in [5.41, 5.74) is 0.240. The minimum absolute atomic E-state index is 0.222. The normalized spacial score (nSPS) is 30.5. The van der Waals surface area contributed by atoms with E-state index in [0.29, 0.717) is 6.61 Å². The minimum Gasteiger partial charge on any atom is -0.467 e. The fourth-order valence-electron chi connectivity index (χ4n) is 2.38. The SMILES string of the molecule is COC(=O)C1CC2(CCNCC2)CO1. The molecule has 1 unspecified atom stereocenters. The summed E-state index contributed by atoms with van der Waals surface area (Å²) < 4.78 is 10.2. The van der Waals surface area contributed by atoms with Crippen molar-refractivity contribution in [1.29, 1.82) is 0 Å². The quantitative estimate of drug-likeness (QED) is 0.618. The molecule has 2 saturated heterocycles. The summed E-state index contributed by atoms with van der Waals surface area (Å²) in [6.07, 6.45) is 2.74. The lowest BCUT2D eigenvalue weighted by molar-refractivity contribution is -0.151. The third-order valence-corrected chi connectivity index (χ3v) is 3.34. The molecule has 2 heterocycles. The van der Waals surface area contributed by atoms with Crippen molar-refractivity contribution in [3.05, 3.63) is 0 Å². The molecule has 14 heavy (non-hydrogen) atoms. The number of nitrogens with one attached hydrogen (secondary N) is 1. The van der Waals surface area contributed by atoms with Crippen LogP contribution in [0.1, 0.15) is 19.3 Å². The van der Waals surface area contributed by atoms with E-state index in [1.54, 1.807) is 0 Å². The maximum atomic E-state index is 11.3. The Morgan fingerprint density at radius 3 is 2.86 bits per heavy atom. The molecule has 0 aromatic rings. The number of hydrogen-bond acceptors (Lipinski definition) is 4. The zero-order chi connectivity index (χ0) is 10.0. The van der Waals surface area contributed by atoms with Gasteiger partial charge in [-0.1, -0.05) is 0 Å². The molecule has 4 nitrogen and oxygen atoms in total. The third-order valence-electron chi connectivity index (χ3n) is 3.34. The highest BCUT2D eigenvalue weighted by atomic mass is 16.6. The molecule has 0 aliphatic carbocycles. The monoisotopic (exact) mass is 199 g/mol. The molecule has 0 bridgehead atoms. The second-order valence-electron chi connectivity index (χ2n) is 4.28. The summed E-state index contributed by atoms with van der Waals surface area (Å²) in [6, 6.07) is 0. The van der Waals surface area contributed by atoms with Crippen LogP contribution in [0.15, 0.2) is 0 Å². The van der Waals surface area contributed by atoms with Gasteiger partial charge in [0.15, 0.2) is 6.10 Å². The van der Waals surface area contributed by atoms with Crippen molar-refractivity contribution in [3.63, 3.8) is 0 Å². The first-order valence-corrected chi connectivity index (χ1v) is 5.16. The van der Waals surface area contributed by atoms with Gasteiger partial charge in [-0.15, -0.1) is 0 Å². The Bertz CT molecular complexity index is 223. The molecule has 2 rings (SSSR count). The van der Waals surface area contributed by atoms with Crippen LogP contribution in [0.5, 0.6) is 0 Å². The van der Waals surface area contributed by atoms with Crippen molar-refractivity contribution in [2.24, 2.45) is 5.41 Å². The van der Waals surface area contributed by atoms with Gasteiger partial charge in [-0.05, 0) is 37.8 Å². The molecular weight excluding hydrogens is 182 g/mol. The van der Waals surface area contributed by atoms with E-state index in [2.05, 4.69) is 10.1 Å². The van der Waals surface area contributed by atoms with Gasteiger partial charge in [0.1, 0.15) is 0 Å². The van der Waals surface area contributed by atoms with Gasteiger partial charge in [-0.25, -0.2) is 4.79 Å². The molecule has 0 amide bonds. The predicted molar refractivity (Wildman–Crippen MR) is 50.9 cm³/mol. The molecule has 2 aliphatic heterocycles. The number of rotatable bonds is 1. The molecule has 0 aromatic carbocycles. The number of piperidine rings is 1. The van der Waals surface area contributed by atoms with Gasteiger partial charge >= 0.3 is 5.97 Å². The van der Waals surface area contributed by atoms with E-state index in [9.17, 15) is 4.79 Å². The highest BCUT2D eigenvalue weighted by Crippen LogP contribution is 2.40. The van der Waals surface area contributed by atoms with Gasteiger partial charge in [-0.3, -0.25) is 0 Å². The average molecular weight is 199 g/mol. The molecule has 0 radical (unpaired) electrons. The Morgan fingerprint density at radius 1 is 1.50 bits per heavy atom. The zero-order valence-corrected chi connectivity index (χ0v) is 8.54. The smallest absolute Gasteiger partial charge is 0.334 e. The van der Waals surface area contributed by atoms with Gasteiger partial charge in [0.05, 0.1) is 13.7 Å². The Balaban J connectivity index is 1.95. The van der Waals surface area contributed by atoms with E-state index in [-0.39, 0.29) is 17.5 Å². The lowest BCUT2D eigenvalue weighted by atomic mass is 9.77. The number of esters is 1. The van der Waals surface area contributed by atoms with Crippen LogP contribution in [0, 0.1) is 5.41 Å². The van der Waals surface area contributed by atoms with Gasteiger partial charge in [0, 0.05) is 0 Å². The van der Waals surface area contributed by atoms with Gasteiger partial charge in [0.25, 0.3) is 0 Å². The lowest BCUT2D eigenvalue weighted by Crippen LogP contribution is -2.37. The number of methoxy groups -OCH3 is 1. The van der Waals surface area contributed by atoms with E-state index < -0.39 is 0 Å². The average Bonchev–Trinajstić information content (AvgIpc) is 2.62. The van der Waals surface area contributed by atoms with Crippen molar-refractivity contribution in [3.8, 4) is 0 Å². The molecule has 0 aromatic heterocycles. The van der Waals surface area contributed by atoms with Crippen LogP contribution in [-0.2, 0) is 14.3 Å². The summed E-state index contributed by atoms with van der Waals surface area (Å²) >= 11 is 0. The summed E-state index contributed by atoms with van der Waals surface area (Å²) in [5, 5.41) is 3.32. The van der Waals surface area contributed by atoms with Crippen LogP contribution < -0.4 is 5.32 Å². The Hall–Kier alpha value is -0.610. The van der Waals surface area contributed by atoms with Gasteiger partial charge < -0.3 is 14.8 Å². The predicted octanol–water partition coefficient (Wildman–Crippen LogP) is 0.318. The first kappa shape index (κ1) is 9.93. The zero-order valence-electron chi connectivity index (χ0n) is 8.54. The van der Waals surface area contributed by atoms with Crippen LogP contribution >= 0.6 is 0 Å². The van der Waals surface area contributed by atoms with Crippen molar-refractivity contribution >= 4 is 5.97 Å². The highest BCUT2D eigenvalue weighted by molar-refractivity contribution is 5.74. The lowest BCUT2D eigenvalue weighted by Gasteiger charge is -2.32. The first-order valence-electron chi connectivity index (χ1n) is 5.16. The van der Waals surface area contributed by atoms with Gasteiger partial charge in [0.2, 0.25) is 0 Å². The van der Waals surface area contributed by atoms with Crippen molar-refractivity contribution in [2.75, 3.05) is 26.8 Å². The molecule has 2 fully saturated rings. The molecule has 1 N–H and O–H groups in total. The molecular formula is C10H17NO3. The van der Waals surface area contributed by atoms with E-state index in [1.165, 1.54) is 7.11 Å². The fraction of sp³-hybridized carbons (Fsp3) is 0.900. The number of hydrogen-bond donors (Lipinski definition) is 1. The summed E-state index contributed by atoms with van der Waals surface area (Å²) in [4.78, 5) is 11.3. The number of ether oxygens (including phenoxy) is 2. The maximum absolute atomic E-state index is 11.3. The minimum atomic E-state index is -0.321. The van der Waals surface area contributed by atoms with Crippen molar-refractivity contribution in [2.45, 2.75) is 25.4 Å². The summed E-state index contributed by atoms with van der Waals surface area (Å²) in [7, 11) is 1.42. The molecule has 1 atom stereocenters. The van der Waals surface area contributed by atoms with Crippen LogP contribution in [0.25, 0.3) is 0 Å². The molecule has 0 saturated carbocycles. The molecule has 80 valence electrons. The molecule has 4 heteroatoms. The first-order chi connectivity index (χ1) is 6.76. The second kappa shape index (κ2) is 3.87. The van der Waals surface area contributed by atoms with Crippen LogP contribution in [-0.4, -0.2) is 38.9 Å². The molecule has 2 aliphatic rings. The highest BCUT2D eigenvalue weighted by Gasteiger charge is 2.43. The Morgan fingerprint density at radius 2 is 2.21 bits per heavy atom. The molecule has 1 spiro atoms. The van der Waals surface area contributed by atoms with Gasteiger partial charge in [-0.2, -0.15) is 0 Å². The van der Waals surface area contributed by atoms with Crippen molar-refractivity contribution in [1.82, 2.24) is 5.32 Å². The van der Waals surface area contributed by atoms with Crippen molar-refractivity contribution < 1.29 is 14.3 Å². The van der Waals surface area contributed by atoms with Crippen LogP contribution in [0.3, 0.4) is 0 Å².